The number of aromatic hydroxyl groups is 1. The van der Waals surface area contributed by atoms with E-state index in [0.29, 0.717) is 47.2 Å². The Morgan fingerprint density at radius 2 is 1.85 bits per heavy atom. The van der Waals surface area contributed by atoms with Gasteiger partial charge in [-0.1, -0.05) is 0 Å². The Hall–Kier alpha value is -5.22. The third-order valence-corrected chi connectivity index (χ3v) is 9.83. The molecule has 0 spiro atoms. The second kappa shape index (κ2) is 13.3. The minimum atomic E-state index is -1.28. The minimum absolute atomic E-state index is 0.0470. The smallest absolute Gasteiger partial charge is 0.352 e. The number of nitrogens with zero attached hydrogens (tertiary/aromatic N) is 4. The average Bonchev–Trinajstić information content (AvgIpc) is 3.61. The molecule has 0 radical (unpaired) electrons. The summed E-state index contributed by atoms with van der Waals surface area (Å²) in [5.74, 6) is -2.32. The lowest BCUT2D eigenvalue weighted by Crippen LogP contribution is -2.70. The van der Waals surface area contributed by atoms with Gasteiger partial charge in [0, 0.05) is 47.6 Å². The Labute approximate surface area is 276 Å². The number of aromatic nitrogens is 2. The third kappa shape index (κ3) is 6.97. The molecule has 47 heavy (non-hydrogen) atoms. The maximum atomic E-state index is 13.3. The zero-order chi connectivity index (χ0) is 33.2. The summed E-state index contributed by atoms with van der Waals surface area (Å²) in [5.41, 5.74) is 8.16. The molecule has 2 fully saturated rings. The van der Waals surface area contributed by atoms with Gasteiger partial charge in [0.1, 0.15) is 22.9 Å². The van der Waals surface area contributed by atoms with E-state index in [1.165, 1.54) is 40.1 Å². The number of thioether (sulfide) groups is 1. The molecule has 242 valence electrons. The number of thiazole rings is 1. The first-order chi connectivity index (χ1) is 22.5. The predicted molar refractivity (Wildman–Crippen MR) is 171 cm³/mol. The van der Waals surface area contributed by atoms with Crippen LogP contribution < -0.4 is 20.9 Å². The van der Waals surface area contributed by atoms with E-state index in [0.717, 1.165) is 5.56 Å². The molecule has 1 aromatic carbocycles. The van der Waals surface area contributed by atoms with Crippen LogP contribution in [0.1, 0.15) is 17.7 Å². The van der Waals surface area contributed by atoms with Crippen molar-refractivity contribution in [1.29, 1.82) is 0 Å². The van der Waals surface area contributed by atoms with Crippen LogP contribution in [0.2, 0.25) is 0 Å². The number of allylic oxidation sites excluding steroid dienone is 1. The lowest BCUT2D eigenvalue weighted by Gasteiger charge is -2.49. The number of fused-ring (bicyclic) bond motifs is 1. The van der Waals surface area contributed by atoms with E-state index < -0.39 is 29.2 Å². The first-order valence-corrected chi connectivity index (χ1v) is 16.5. The molecule has 0 aliphatic carbocycles. The highest BCUT2D eigenvalue weighted by Crippen LogP contribution is 2.41. The fourth-order valence-electron chi connectivity index (χ4n) is 5.54. The van der Waals surface area contributed by atoms with Crippen molar-refractivity contribution in [2.45, 2.75) is 37.3 Å². The number of phenols is 1. The molecule has 3 aliphatic rings. The molecule has 2 atom stereocenters. The number of carbonyl (C=O) groups is 5. The number of carboxylic acids is 1. The van der Waals surface area contributed by atoms with E-state index in [9.17, 15) is 34.2 Å². The zero-order valence-electron chi connectivity index (χ0n) is 24.8. The molecule has 3 aromatic rings. The highest BCUT2D eigenvalue weighted by atomic mass is 32.2. The highest BCUT2D eigenvalue weighted by molar-refractivity contribution is 8.00. The van der Waals surface area contributed by atoms with Crippen LogP contribution >= 0.6 is 23.1 Å². The number of hydrogen-bond donors (Lipinski definition) is 5. The molecule has 6 N–H and O–H groups in total. The monoisotopic (exact) mass is 676 g/mol. The van der Waals surface area contributed by atoms with Crippen LogP contribution in [0.5, 0.6) is 5.75 Å². The Kier molecular flexibility index (Phi) is 8.95. The summed E-state index contributed by atoms with van der Waals surface area (Å²) in [6.45, 7) is 0.852. The van der Waals surface area contributed by atoms with Crippen LogP contribution in [0.15, 0.2) is 77.1 Å². The number of likely N-dealkylation sites (tertiary alicyclic amines) is 1. The predicted octanol–water partition coefficient (Wildman–Crippen LogP) is 0.997. The molecule has 2 saturated heterocycles. The van der Waals surface area contributed by atoms with Gasteiger partial charge in [-0.05, 0) is 47.9 Å². The maximum Gasteiger partial charge on any atom is 0.352 e. The zero-order valence-corrected chi connectivity index (χ0v) is 26.4. The average molecular weight is 677 g/mol. The third-order valence-electron chi connectivity index (χ3n) is 7.80. The number of carboxylic acid groups (broad SMARTS) is 1. The lowest BCUT2D eigenvalue weighted by molar-refractivity contribution is -0.684. The van der Waals surface area contributed by atoms with Crippen molar-refractivity contribution in [2.24, 2.45) is 0 Å². The van der Waals surface area contributed by atoms with Gasteiger partial charge >= 0.3 is 5.97 Å². The van der Waals surface area contributed by atoms with Crippen LogP contribution in [-0.2, 0) is 43.5 Å². The van der Waals surface area contributed by atoms with E-state index in [1.807, 2.05) is 12.1 Å². The number of hydrogen-bond acceptors (Lipinski definition) is 10. The van der Waals surface area contributed by atoms with E-state index in [2.05, 4.69) is 15.6 Å². The Morgan fingerprint density at radius 1 is 1.11 bits per heavy atom. The molecule has 3 aliphatic heterocycles. The number of pyridine rings is 1. The number of phenolic OH excluding ortho intramolecular Hbond substituents is 1. The summed E-state index contributed by atoms with van der Waals surface area (Å²) < 4.78 is 1.70. The van der Waals surface area contributed by atoms with Crippen molar-refractivity contribution < 1.29 is 38.8 Å². The van der Waals surface area contributed by atoms with Crippen molar-refractivity contribution >= 4 is 63.5 Å². The number of aliphatic carboxylic acids is 1. The Balaban J connectivity index is 1.06. The molecule has 16 heteroatoms. The number of nitrogens with one attached hydrogen (secondary N) is 2. The Morgan fingerprint density at radius 3 is 2.53 bits per heavy atom. The van der Waals surface area contributed by atoms with Crippen molar-refractivity contribution in [2.75, 3.05) is 23.3 Å². The molecule has 0 saturated carbocycles. The first kappa shape index (κ1) is 31.7. The molecule has 2 aromatic heterocycles. The lowest BCUT2D eigenvalue weighted by atomic mass is 10.0. The first-order valence-electron chi connectivity index (χ1n) is 14.5. The Bertz CT molecular complexity index is 1820. The second-order valence-corrected chi connectivity index (χ2v) is 13.1. The van der Waals surface area contributed by atoms with Gasteiger partial charge in [-0.2, -0.15) is 4.57 Å². The fraction of sp³-hybridized carbons (Fsp3) is 0.258. The summed E-state index contributed by atoms with van der Waals surface area (Å²) >= 11 is 2.53. The highest BCUT2D eigenvalue weighted by Gasteiger charge is 2.54. The molecule has 14 nitrogen and oxygen atoms in total. The SMILES string of the molecule is Nc1nc(CC(=O)NC2C(=O)N3C(C(=O)O)=C(/C=C4\CCN(Cc5cc[n+](CC(=O)Nc6ccc(O)cc6)cc5)C4=O)CSC23)cs1. The van der Waals surface area contributed by atoms with E-state index >= 15 is 0 Å². The number of β-lactam (4-membered cyclic amide) rings is 1. The van der Waals surface area contributed by atoms with E-state index in [-0.39, 0.29) is 42.0 Å². The van der Waals surface area contributed by atoms with E-state index in [1.54, 1.807) is 45.4 Å². The van der Waals surface area contributed by atoms with Gasteiger partial charge in [0.25, 0.3) is 11.8 Å². The van der Waals surface area contributed by atoms with Gasteiger partial charge in [0.2, 0.25) is 18.4 Å². The molecule has 4 amide bonds. The summed E-state index contributed by atoms with van der Waals surface area (Å²) in [6.07, 6.45) is 5.44. The summed E-state index contributed by atoms with van der Waals surface area (Å²) in [6, 6.07) is 8.95. The quantitative estimate of drug-likeness (QED) is 0.0894. The van der Waals surface area contributed by atoms with Gasteiger partial charge in [-0.25, -0.2) is 9.78 Å². The van der Waals surface area contributed by atoms with Gasteiger partial charge in [-0.3, -0.25) is 24.1 Å². The fourth-order valence-corrected chi connectivity index (χ4v) is 7.41. The molecule has 6 rings (SSSR count). The van der Waals surface area contributed by atoms with Crippen molar-refractivity contribution in [1.82, 2.24) is 20.1 Å². The van der Waals surface area contributed by atoms with Crippen molar-refractivity contribution in [3.63, 3.8) is 0 Å². The van der Waals surface area contributed by atoms with Gasteiger partial charge in [-0.15, -0.1) is 23.1 Å². The molecular formula is C31H30N7O7S2+. The molecule has 0 bridgehead atoms. The maximum absolute atomic E-state index is 13.3. The number of nitrogens with two attached hydrogens (primary N) is 1. The number of anilines is 2. The standard InChI is InChI=1S/C31H29N7O7S2/c32-31-34-21(16-47-31)12-23(40)35-25-28(43)38-26(30(44)45)19(15-46-29(25)38)11-18-7-10-37(27(18)42)13-17-5-8-36(9-6-17)14-24(41)33-20-1-3-22(39)4-2-20/h1-6,8-9,11,16,25,29H,7,10,12-15H2,(H5-,32,33,34,35,39,40,41,44,45)/p+1/b18-11+. The normalized spacial score (nSPS) is 19.9. The molecular weight excluding hydrogens is 647 g/mol. The summed E-state index contributed by atoms with van der Waals surface area (Å²) in [5, 5.41) is 26.3. The van der Waals surface area contributed by atoms with Crippen LogP contribution in [0.4, 0.5) is 10.8 Å². The van der Waals surface area contributed by atoms with Crippen LogP contribution in [0.25, 0.3) is 0 Å². The van der Waals surface area contributed by atoms with Gasteiger partial charge in [0.15, 0.2) is 17.5 Å². The minimum Gasteiger partial charge on any atom is -0.508 e. The van der Waals surface area contributed by atoms with Crippen LogP contribution in [-0.4, -0.2) is 78.3 Å². The number of rotatable bonds is 10. The second-order valence-electron chi connectivity index (χ2n) is 11.1. The molecule has 2 unspecified atom stereocenters. The number of benzene rings is 1. The van der Waals surface area contributed by atoms with Gasteiger partial charge in [0.05, 0.1) is 12.1 Å². The summed E-state index contributed by atoms with van der Waals surface area (Å²) in [4.78, 5) is 70.4. The number of nitrogen functional groups attached to an aromatic ring is 1. The van der Waals surface area contributed by atoms with Gasteiger partial charge < -0.3 is 31.5 Å². The van der Waals surface area contributed by atoms with Crippen molar-refractivity contribution in [3.05, 3.63) is 88.3 Å². The topological polar surface area (TPSA) is 199 Å². The number of carbonyl (C=O) groups excluding carboxylic acids is 4. The largest absolute Gasteiger partial charge is 0.508 e. The van der Waals surface area contributed by atoms with E-state index in [4.69, 9.17) is 5.73 Å². The summed E-state index contributed by atoms with van der Waals surface area (Å²) in [7, 11) is 0. The van der Waals surface area contributed by atoms with Crippen molar-refractivity contribution in [3.8, 4) is 5.75 Å². The van der Waals surface area contributed by atoms with Crippen LogP contribution in [0, 0.1) is 0 Å². The van der Waals surface area contributed by atoms with Crippen LogP contribution in [0.3, 0.4) is 0 Å². The number of amides is 4. The molecule has 5 heterocycles.